The SMILES string of the molecule is c1c[nH]c(-c2cc(NCCCN3CCCCC3)c3ccccc3n2)c1. The van der Waals surface area contributed by atoms with Crippen LogP contribution in [-0.4, -0.2) is 41.0 Å². The van der Waals surface area contributed by atoms with Crippen LogP contribution >= 0.6 is 0 Å². The van der Waals surface area contributed by atoms with Gasteiger partial charge in [-0.3, -0.25) is 0 Å². The third-order valence-electron chi connectivity index (χ3n) is 5.01. The number of aromatic nitrogens is 2. The molecule has 0 amide bonds. The van der Waals surface area contributed by atoms with Gasteiger partial charge in [-0.25, -0.2) is 4.98 Å². The molecule has 4 rings (SSSR count). The van der Waals surface area contributed by atoms with E-state index in [1.54, 1.807) is 0 Å². The quantitative estimate of drug-likeness (QED) is 0.652. The minimum atomic E-state index is 0.988. The molecule has 1 aliphatic rings. The second-order valence-corrected chi connectivity index (χ2v) is 6.84. The second-order valence-electron chi connectivity index (χ2n) is 6.84. The Morgan fingerprint density at radius 1 is 1.04 bits per heavy atom. The van der Waals surface area contributed by atoms with Crippen molar-refractivity contribution in [2.24, 2.45) is 0 Å². The first-order chi connectivity index (χ1) is 12.4. The average Bonchev–Trinajstić information content (AvgIpc) is 3.20. The zero-order valence-electron chi connectivity index (χ0n) is 14.7. The highest BCUT2D eigenvalue weighted by atomic mass is 15.1. The van der Waals surface area contributed by atoms with Crippen LogP contribution in [0, 0.1) is 0 Å². The maximum Gasteiger partial charge on any atom is 0.0892 e. The van der Waals surface area contributed by atoms with E-state index in [2.05, 4.69) is 45.5 Å². The number of para-hydroxylation sites is 1. The predicted octanol–water partition coefficient (Wildman–Crippen LogP) is 4.52. The number of rotatable bonds is 6. The molecule has 3 heterocycles. The van der Waals surface area contributed by atoms with E-state index in [1.807, 2.05) is 18.3 Å². The molecule has 0 atom stereocenters. The van der Waals surface area contributed by atoms with Crippen LogP contribution < -0.4 is 5.32 Å². The molecule has 130 valence electrons. The largest absolute Gasteiger partial charge is 0.384 e. The number of fused-ring (bicyclic) bond motifs is 1. The molecule has 0 radical (unpaired) electrons. The Balaban J connectivity index is 1.47. The Morgan fingerprint density at radius 3 is 2.76 bits per heavy atom. The highest BCUT2D eigenvalue weighted by Gasteiger charge is 2.10. The second kappa shape index (κ2) is 7.70. The molecular weight excluding hydrogens is 308 g/mol. The molecule has 2 aromatic heterocycles. The lowest BCUT2D eigenvalue weighted by atomic mass is 10.1. The summed E-state index contributed by atoms with van der Waals surface area (Å²) >= 11 is 0. The third-order valence-corrected chi connectivity index (χ3v) is 5.01. The van der Waals surface area contributed by atoms with E-state index in [0.717, 1.165) is 23.4 Å². The van der Waals surface area contributed by atoms with Crippen molar-refractivity contribution in [2.75, 3.05) is 31.5 Å². The Hall–Kier alpha value is -2.33. The van der Waals surface area contributed by atoms with E-state index in [-0.39, 0.29) is 0 Å². The molecule has 1 saturated heterocycles. The summed E-state index contributed by atoms with van der Waals surface area (Å²) < 4.78 is 0. The van der Waals surface area contributed by atoms with Gasteiger partial charge in [-0.05, 0) is 63.2 Å². The van der Waals surface area contributed by atoms with Crippen molar-refractivity contribution >= 4 is 16.6 Å². The number of hydrogen-bond donors (Lipinski definition) is 2. The van der Waals surface area contributed by atoms with Crippen LogP contribution in [0.4, 0.5) is 5.69 Å². The maximum absolute atomic E-state index is 4.80. The summed E-state index contributed by atoms with van der Waals surface area (Å²) in [6, 6.07) is 14.6. The fourth-order valence-corrected chi connectivity index (χ4v) is 3.66. The Kier molecular flexibility index (Phi) is 4.98. The van der Waals surface area contributed by atoms with Crippen molar-refractivity contribution in [3.63, 3.8) is 0 Å². The van der Waals surface area contributed by atoms with Gasteiger partial charge in [0.1, 0.15) is 0 Å². The Labute approximate surface area is 149 Å². The van der Waals surface area contributed by atoms with Crippen molar-refractivity contribution in [3.8, 4) is 11.4 Å². The minimum absolute atomic E-state index is 0.988. The molecule has 4 heteroatoms. The highest BCUT2D eigenvalue weighted by Crippen LogP contribution is 2.27. The molecule has 3 aromatic rings. The van der Waals surface area contributed by atoms with Crippen LogP contribution in [0.3, 0.4) is 0 Å². The van der Waals surface area contributed by atoms with Crippen molar-refractivity contribution in [1.29, 1.82) is 0 Å². The van der Waals surface area contributed by atoms with E-state index in [4.69, 9.17) is 4.98 Å². The standard InChI is InChI=1S/C21H26N4/c1-4-13-25(14-5-1)15-7-12-23-20-16-21(19-10-6-11-22-19)24-18-9-3-2-8-17(18)20/h2-3,6,8-11,16,22H,1,4-5,7,12-15H2,(H,23,24). The van der Waals surface area contributed by atoms with Crippen LogP contribution in [-0.2, 0) is 0 Å². The first-order valence-electron chi connectivity index (χ1n) is 9.40. The molecule has 1 fully saturated rings. The highest BCUT2D eigenvalue weighted by molar-refractivity contribution is 5.93. The van der Waals surface area contributed by atoms with Crippen molar-refractivity contribution < 1.29 is 0 Å². The molecule has 0 spiro atoms. The lowest BCUT2D eigenvalue weighted by Crippen LogP contribution is -2.31. The lowest BCUT2D eigenvalue weighted by molar-refractivity contribution is 0.228. The lowest BCUT2D eigenvalue weighted by Gasteiger charge is -2.26. The van der Waals surface area contributed by atoms with Crippen LogP contribution in [0.5, 0.6) is 0 Å². The predicted molar refractivity (Wildman–Crippen MR) is 105 cm³/mol. The van der Waals surface area contributed by atoms with Gasteiger partial charge in [0.25, 0.3) is 0 Å². The van der Waals surface area contributed by atoms with Gasteiger partial charge >= 0.3 is 0 Å². The van der Waals surface area contributed by atoms with Crippen molar-refractivity contribution in [2.45, 2.75) is 25.7 Å². The first kappa shape index (κ1) is 16.2. The third kappa shape index (κ3) is 3.85. The number of H-pyrrole nitrogens is 1. The van der Waals surface area contributed by atoms with Gasteiger partial charge in [-0.2, -0.15) is 0 Å². The molecule has 0 unspecified atom stereocenters. The topological polar surface area (TPSA) is 44.0 Å². The zero-order valence-corrected chi connectivity index (χ0v) is 14.7. The van der Waals surface area contributed by atoms with Crippen LogP contribution in [0.1, 0.15) is 25.7 Å². The number of aromatic amines is 1. The fraction of sp³-hybridized carbons (Fsp3) is 0.381. The molecule has 0 saturated carbocycles. The number of benzene rings is 1. The van der Waals surface area contributed by atoms with E-state index in [0.29, 0.717) is 0 Å². The summed E-state index contributed by atoms with van der Waals surface area (Å²) in [7, 11) is 0. The van der Waals surface area contributed by atoms with Crippen molar-refractivity contribution in [1.82, 2.24) is 14.9 Å². The number of nitrogens with zero attached hydrogens (tertiary/aromatic N) is 2. The minimum Gasteiger partial charge on any atom is -0.384 e. The molecule has 1 aliphatic heterocycles. The number of hydrogen-bond acceptors (Lipinski definition) is 3. The van der Waals surface area contributed by atoms with Crippen LogP contribution in [0.25, 0.3) is 22.3 Å². The number of piperidine rings is 1. The van der Waals surface area contributed by atoms with E-state index in [1.165, 1.54) is 56.4 Å². The molecule has 25 heavy (non-hydrogen) atoms. The van der Waals surface area contributed by atoms with Gasteiger partial charge in [0.15, 0.2) is 0 Å². The Bertz CT molecular complexity index is 804. The molecular formula is C21H26N4. The average molecular weight is 334 g/mol. The molecule has 0 bridgehead atoms. The van der Waals surface area contributed by atoms with E-state index >= 15 is 0 Å². The van der Waals surface area contributed by atoms with Gasteiger partial charge in [0.2, 0.25) is 0 Å². The van der Waals surface area contributed by atoms with Gasteiger partial charge < -0.3 is 15.2 Å². The molecule has 2 N–H and O–H groups in total. The van der Waals surface area contributed by atoms with E-state index < -0.39 is 0 Å². The monoisotopic (exact) mass is 334 g/mol. The van der Waals surface area contributed by atoms with Gasteiger partial charge in [0.05, 0.1) is 16.9 Å². The first-order valence-corrected chi connectivity index (χ1v) is 9.40. The number of likely N-dealkylation sites (tertiary alicyclic amines) is 1. The Morgan fingerprint density at radius 2 is 1.92 bits per heavy atom. The number of pyridine rings is 1. The molecule has 0 aliphatic carbocycles. The van der Waals surface area contributed by atoms with E-state index in [9.17, 15) is 0 Å². The van der Waals surface area contributed by atoms with Gasteiger partial charge in [-0.15, -0.1) is 0 Å². The summed E-state index contributed by atoms with van der Waals surface area (Å²) in [5.74, 6) is 0. The summed E-state index contributed by atoms with van der Waals surface area (Å²) in [6.07, 6.45) is 7.25. The summed E-state index contributed by atoms with van der Waals surface area (Å²) in [6.45, 7) is 4.73. The van der Waals surface area contributed by atoms with Crippen molar-refractivity contribution in [3.05, 3.63) is 48.7 Å². The van der Waals surface area contributed by atoms with Gasteiger partial charge in [-0.1, -0.05) is 24.6 Å². The number of nitrogens with one attached hydrogen (secondary N) is 2. The van der Waals surface area contributed by atoms with Gasteiger partial charge in [0, 0.05) is 23.8 Å². The normalized spacial score (nSPS) is 15.5. The summed E-state index contributed by atoms with van der Waals surface area (Å²) in [5.41, 5.74) is 4.26. The molecule has 1 aromatic carbocycles. The summed E-state index contributed by atoms with van der Waals surface area (Å²) in [4.78, 5) is 10.7. The maximum atomic E-state index is 4.80. The van der Waals surface area contributed by atoms with Crippen LogP contribution in [0.2, 0.25) is 0 Å². The number of anilines is 1. The summed E-state index contributed by atoms with van der Waals surface area (Å²) in [5, 5.41) is 4.84. The fourth-order valence-electron chi connectivity index (χ4n) is 3.66. The zero-order chi connectivity index (χ0) is 16.9. The molecule has 4 nitrogen and oxygen atoms in total. The van der Waals surface area contributed by atoms with Crippen LogP contribution in [0.15, 0.2) is 48.7 Å². The smallest absolute Gasteiger partial charge is 0.0892 e.